The van der Waals surface area contributed by atoms with Gasteiger partial charge in [0.1, 0.15) is 5.02 Å². The zero-order chi connectivity index (χ0) is 27.3. The normalized spacial score (nSPS) is 12.8. The standard InChI is InChI=1S/C27H29ClN4O5S/c1-27(2,13-14-32-17-29-22-11-12-24(37-18-33)25(28)26(22)32)30-16-23(34)19-7-6-8-20(15-19)31-38(35,36)21-9-4-3-5-10-21/h3-12,15,17-18,23,30-31,34H,13-14,16H2,1-2H3/t23-/m0/s1. The summed E-state index contributed by atoms with van der Waals surface area (Å²) in [7, 11) is -3.73. The van der Waals surface area contributed by atoms with Crippen LogP contribution in [0.4, 0.5) is 5.69 Å². The molecule has 0 aliphatic carbocycles. The SMILES string of the molecule is CC(C)(CCn1cnc2ccc(OC=O)c(Cl)c21)NC[C@H](O)c1cccc(NS(=O)(=O)c2ccccc2)c1. The van der Waals surface area contributed by atoms with Gasteiger partial charge in [-0.2, -0.15) is 0 Å². The number of halogens is 1. The van der Waals surface area contributed by atoms with Gasteiger partial charge in [-0.15, -0.1) is 0 Å². The Bertz CT molecular complexity index is 1520. The maximum atomic E-state index is 12.6. The number of nitrogens with one attached hydrogen (secondary N) is 2. The Kier molecular flexibility index (Phi) is 8.37. The molecule has 3 N–H and O–H groups in total. The monoisotopic (exact) mass is 556 g/mol. The lowest BCUT2D eigenvalue weighted by molar-refractivity contribution is -0.120. The number of ether oxygens (including phenoxy) is 1. The smallest absolute Gasteiger partial charge is 0.298 e. The lowest BCUT2D eigenvalue weighted by Crippen LogP contribution is -2.42. The molecule has 0 saturated heterocycles. The number of aromatic nitrogens is 2. The molecule has 1 aromatic heterocycles. The molecule has 0 aliphatic rings. The quantitative estimate of drug-likeness (QED) is 0.219. The zero-order valence-electron chi connectivity index (χ0n) is 21.0. The Morgan fingerprint density at radius 1 is 1.13 bits per heavy atom. The third-order valence-corrected chi connectivity index (χ3v) is 7.95. The van der Waals surface area contributed by atoms with Gasteiger partial charge in [-0.05, 0) is 62.2 Å². The number of aliphatic hydroxyl groups is 1. The second-order valence-electron chi connectivity index (χ2n) is 9.47. The number of anilines is 1. The number of aliphatic hydroxyl groups excluding tert-OH is 1. The fourth-order valence-electron chi connectivity index (χ4n) is 4.02. The molecule has 4 rings (SSSR count). The average Bonchev–Trinajstić information content (AvgIpc) is 3.32. The topological polar surface area (TPSA) is 123 Å². The molecule has 38 heavy (non-hydrogen) atoms. The zero-order valence-corrected chi connectivity index (χ0v) is 22.5. The third-order valence-electron chi connectivity index (χ3n) is 6.19. The summed E-state index contributed by atoms with van der Waals surface area (Å²) in [6, 6.07) is 18.2. The van der Waals surface area contributed by atoms with E-state index in [1.807, 2.05) is 18.4 Å². The number of fused-ring (bicyclic) bond motifs is 1. The van der Waals surface area contributed by atoms with Crippen LogP contribution >= 0.6 is 11.6 Å². The number of carbonyl (C=O) groups is 1. The van der Waals surface area contributed by atoms with Crippen molar-refractivity contribution < 1.29 is 23.1 Å². The predicted molar refractivity (Wildman–Crippen MR) is 147 cm³/mol. The number of hydrogen-bond acceptors (Lipinski definition) is 7. The number of carbonyl (C=O) groups excluding carboxylic acids is 1. The highest BCUT2D eigenvalue weighted by Crippen LogP contribution is 2.32. The lowest BCUT2D eigenvalue weighted by Gasteiger charge is -2.28. The largest absolute Gasteiger partial charge is 0.427 e. The average molecular weight is 557 g/mol. The van der Waals surface area contributed by atoms with Crippen molar-refractivity contribution in [1.29, 1.82) is 0 Å². The van der Waals surface area contributed by atoms with Gasteiger partial charge >= 0.3 is 0 Å². The molecule has 11 heteroatoms. The molecule has 3 aromatic carbocycles. The maximum Gasteiger partial charge on any atom is 0.298 e. The van der Waals surface area contributed by atoms with Gasteiger partial charge in [0.2, 0.25) is 0 Å². The van der Waals surface area contributed by atoms with Crippen molar-refractivity contribution in [3.8, 4) is 5.75 Å². The van der Waals surface area contributed by atoms with Crippen LogP contribution < -0.4 is 14.8 Å². The first-order valence-corrected chi connectivity index (χ1v) is 13.8. The first-order chi connectivity index (χ1) is 18.1. The van der Waals surface area contributed by atoms with Crippen molar-refractivity contribution >= 4 is 44.8 Å². The van der Waals surface area contributed by atoms with Gasteiger partial charge in [0.15, 0.2) is 5.75 Å². The van der Waals surface area contributed by atoms with Crippen molar-refractivity contribution in [3.05, 3.63) is 83.6 Å². The van der Waals surface area contributed by atoms with Gasteiger partial charge < -0.3 is 19.7 Å². The van der Waals surface area contributed by atoms with E-state index in [0.29, 0.717) is 46.7 Å². The minimum absolute atomic E-state index is 0.161. The summed E-state index contributed by atoms with van der Waals surface area (Å²) in [5, 5.41) is 14.5. The number of sulfonamides is 1. The minimum atomic E-state index is -3.73. The molecule has 0 bridgehead atoms. The summed E-state index contributed by atoms with van der Waals surface area (Å²) in [6.07, 6.45) is 1.51. The van der Waals surface area contributed by atoms with Gasteiger partial charge in [0.05, 0.1) is 28.4 Å². The number of benzene rings is 3. The van der Waals surface area contributed by atoms with Crippen molar-refractivity contribution in [3.63, 3.8) is 0 Å². The second kappa shape index (κ2) is 11.5. The van der Waals surface area contributed by atoms with Crippen LogP contribution in [0.15, 0.2) is 78.0 Å². The van der Waals surface area contributed by atoms with Crippen molar-refractivity contribution in [2.45, 2.75) is 43.4 Å². The molecule has 1 heterocycles. The Labute approximate surface area is 226 Å². The van der Waals surface area contributed by atoms with E-state index in [2.05, 4.69) is 15.0 Å². The Hall–Kier alpha value is -3.44. The van der Waals surface area contributed by atoms with Crippen LogP contribution in [0, 0.1) is 0 Å². The number of β-amino-alcohol motifs (C(OH)–C–C–N with tert-alkyl or cyclic N) is 1. The molecule has 0 amide bonds. The van der Waals surface area contributed by atoms with Gasteiger partial charge in [-0.1, -0.05) is 41.9 Å². The summed E-state index contributed by atoms with van der Waals surface area (Å²) < 4.78 is 34.7. The first kappa shape index (κ1) is 27.6. The maximum absolute atomic E-state index is 12.6. The van der Waals surface area contributed by atoms with E-state index < -0.39 is 16.1 Å². The number of nitrogens with zero attached hydrogens (tertiary/aromatic N) is 2. The van der Waals surface area contributed by atoms with Crippen molar-refractivity contribution in [2.75, 3.05) is 11.3 Å². The van der Waals surface area contributed by atoms with Crippen LogP contribution in [0.25, 0.3) is 11.0 Å². The van der Waals surface area contributed by atoms with E-state index in [1.54, 1.807) is 60.9 Å². The Morgan fingerprint density at radius 2 is 1.89 bits per heavy atom. The van der Waals surface area contributed by atoms with Gasteiger partial charge in [-0.3, -0.25) is 9.52 Å². The summed E-state index contributed by atoms with van der Waals surface area (Å²) in [4.78, 5) is 15.3. The fraction of sp³-hybridized carbons (Fsp3) is 0.259. The molecule has 0 saturated carbocycles. The molecule has 200 valence electrons. The number of imidazole rings is 1. The van der Waals surface area contributed by atoms with Crippen molar-refractivity contribution in [2.24, 2.45) is 0 Å². The van der Waals surface area contributed by atoms with Gasteiger partial charge in [0, 0.05) is 24.3 Å². The van der Waals surface area contributed by atoms with E-state index >= 15 is 0 Å². The predicted octanol–water partition coefficient (Wildman–Crippen LogP) is 4.52. The van der Waals surface area contributed by atoms with Crippen LogP contribution in [0.1, 0.15) is 31.9 Å². The Balaban J connectivity index is 1.38. The van der Waals surface area contributed by atoms with E-state index in [9.17, 15) is 18.3 Å². The van der Waals surface area contributed by atoms with Crippen LogP contribution in [0.5, 0.6) is 5.75 Å². The molecular weight excluding hydrogens is 528 g/mol. The number of hydrogen-bond donors (Lipinski definition) is 3. The van der Waals surface area contributed by atoms with E-state index in [4.69, 9.17) is 16.3 Å². The molecule has 0 radical (unpaired) electrons. The molecule has 0 fully saturated rings. The summed E-state index contributed by atoms with van der Waals surface area (Å²) >= 11 is 6.44. The van der Waals surface area contributed by atoms with Crippen molar-refractivity contribution in [1.82, 2.24) is 14.9 Å². The highest BCUT2D eigenvalue weighted by molar-refractivity contribution is 7.92. The third kappa shape index (κ3) is 6.51. The second-order valence-corrected chi connectivity index (χ2v) is 11.5. The van der Waals surface area contributed by atoms with Crippen LogP contribution in [0.3, 0.4) is 0 Å². The number of rotatable bonds is 12. The van der Waals surface area contributed by atoms with Crippen LogP contribution in [0.2, 0.25) is 5.02 Å². The molecule has 4 aromatic rings. The van der Waals surface area contributed by atoms with Crippen LogP contribution in [-0.2, 0) is 21.4 Å². The summed E-state index contributed by atoms with van der Waals surface area (Å²) in [5.74, 6) is 0.268. The molecule has 0 unspecified atom stereocenters. The molecule has 0 aliphatic heterocycles. The molecule has 0 spiro atoms. The highest BCUT2D eigenvalue weighted by Gasteiger charge is 2.21. The molecule has 9 nitrogen and oxygen atoms in total. The number of aryl methyl sites for hydroxylation is 1. The van der Waals surface area contributed by atoms with E-state index in [-0.39, 0.29) is 22.7 Å². The minimum Gasteiger partial charge on any atom is -0.427 e. The van der Waals surface area contributed by atoms with E-state index in [0.717, 1.165) is 0 Å². The lowest BCUT2D eigenvalue weighted by atomic mass is 9.99. The highest BCUT2D eigenvalue weighted by atomic mass is 35.5. The molecular formula is C27H29ClN4O5S. The van der Waals surface area contributed by atoms with E-state index in [1.165, 1.54) is 12.1 Å². The summed E-state index contributed by atoms with van der Waals surface area (Å²) in [6.45, 7) is 5.20. The fourth-order valence-corrected chi connectivity index (χ4v) is 5.40. The molecule has 1 atom stereocenters. The van der Waals surface area contributed by atoms with Gasteiger partial charge in [0.25, 0.3) is 16.5 Å². The Morgan fingerprint density at radius 3 is 2.63 bits per heavy atom. The first-order valence-electron chi connectivity index (χ1n) is 11.9. The van der Waals surface area contributed by atoms with Crippen LogP contribution in [-0.4, -0.2) is 41.6 Å². The van der Waals surface area contributed by atoms with Gasteiger partial charge in [-0.25, -0.2) is 13.4 Å². The summed E-state index contributed by atoms with van der Waals surface area (Å²) in [5.41, 5.74) is 1.95.